The van der Waals surface area contributed by atoms with E-state index >= 15 is 0 Å². The van der Waals surface area contributed by atoms with Gasteiger partial charge in [0.05, 0.1) is 57.2 Å². The van der Waals surface area contributed by atoms with Gasteiger partial charge in [-0.25, -0.2) is 4.79 Å². The summed E-state index contributed by atoms with van der Waals surface area (Å²) in [6.07, 6.45) is -8.00. The first-order valence-corrected chi connectivity index (χ1v) is 46.0. The zero-order valence-corrected chi connectivity index (χ0v) is 79.3. The minimum Gasteiger partial charge on any atom is -0.481 e. The normalized spacial score (nSPS) is 16.2. The van der Waals surface area contributed by atoms with Crippen molar-refractivity contribution in [3.63, 3.8) is 0 Å². The van der Waals surface area contributed by atoms with Crippen LogP contribution in [-0.4, -0.2) is 344 Å². The molecule has 137 heavy (non-hydrogen) atoms. The number of likely N-dealkylation sites (tertiary alicyclic amines) is 1. The van der Waals surface area contributed by atoms with Crippen molar-refractivity contribution >= 4 is 148 Å². The Kier molecular flexibility index (Phi) is 54.2. The zero-order chi connectivity index (χ0) is 104. The number of aliphatic hydroxyl groups excluding tert-OH is 3. The van der Waals surface area contributed by atoms with E-state index in [1.165, 1.54) is 32.7 Å². The molecule has 1 heterocycles. The molecule has 2 rings (SSSR count). The number of carboxylic acids is 4. The fourth-order valence-electron chi connectivity index (χ4n) is 13.9. The minimum absolute atomic E-state index is 0.0176. The van der Waals surface area contributed by atoms with Gasteiger partial charge in [-0.15, -0.1) is 0 Å². The molecule has 52 nitrogen and oxygen atoms in total. The summed E-state index contributed by atoms with van der Waals surface area (Å²) in [5.41, 5.74) is 16.9. The Morgan fingerprint density at radius 1 is 0.453 bits per heavy atom. The van der Waals surface area contributed by atoms with Gasteiger partial charge in [-0.3, -0.25) is 106 Å². The van der Waals surface area contributed by atoms with Crippen molar-refractivity contribution in [2.75, 3.05) is 58.3 Å². The van der Waals surface area contributed by atoms with Crippen molar-refractivity contribution in [1.29, 1.82) is 5.41 Å². The van der Waals surface area contributed by atoms with Gasteiger partial charge in [-0.05, 0) is 134 Å². The molecule has 1 aromatic carbocycles. The maximum absolute atomic E-state index is 14.8. The van der Waals surface area contributed by atoms with Crippen molar-refractivity contribution in [3.05, 3.63) is 35.9 Å². The van der Waals surface area contributed by atoms with Gasteiger partial charge in [-0.1, -0.05) is 78.3 Å². The summed E-state index contributed by atoms with van der Waals surface area (Å²) >= 11 is 1.24. The van der Waals surface area contributed by atoms with Crippen molar-refractivity contribution in [2.24, 2.45) is 35.0 Å². The van der Waals surface area contributed by atoms with Crippen LogP contribution in [0.3, 0.4) is 0 Å². The lowest BCUT2D eigenvalue weighted by Crippen LogP contribution is -2.62. The third-order valence-corrected chi connectivity index (χ3v) is 22.1. The molecule has 19 atom stereocenters. The topological polar surface area (TPSA) is 839 Å². The summed E-state index contributed by atoms with van der Waals surface area (Å²) in [6.45, 7) is 10.3. The highest BCUT2D eigenvalue weighted by Crippen LogP contribution is 2.22. The molecule has 0 spiro atoms. The standard InChI is InChI=1S/C84H137N23O29S/c1-12-42(6)65(104-75(127)54(35-62(117)118)96-60(114)39-92-77(129)64(41(4)5)103-80(132)66(89-10)43(7)108)79(131)102-53(34-57(86)111)74(126)106-68(45(9)110)81(133)97-47(25-26-61(115)116)69(121)98-49(23-18-29-90-84(87)88)82(134)107-30-19-24-56(107)76(128)91-37-58(112)94-48(27-31-137-11)70(122)99-51(32-40(2)3)71(123)101-55(36-63(119)120)72(124)100-52(33-46-20-14-13-15-21-46)73(125)105-67(44(8)109)78(130)93-38-59(113)95-50(83(135)136)22-16-17-28-85/h13-15,20-21,40-45,47-56,64-68,89,108-110H,12,16-19,22-39,85H2,1-11H3,(H2,86,111)(H,91,128)(H,92,129)(H,93,130)(H,94,112)(H,95,113)(H,96,114)(H,97,133)(H,98,121)(H,99,122)(H,100,124)(H,101,123)(H,102,131)(H,103,132)(H,104,127)(H,105,125)(H,106,126)(H,115,116)(H,117,118)(H,119,120)(H,135,136)(H4,87,88,90). The SMILES string of the molecule is CCC(C)C(NC(=O)C(CC(=O)O)NC(=O)CNC(=O)C(NC(=O)C(NC)C(C)O)C(C)C)C(=O)NC(CC(N)=O)C(=O)NC(C(=O)NC(CCC(=O)O)C(=O)NC(CCCNC(=N)N)C(=O)N1CCCC1C(=O)NCC(=O)NC(CCSC)C(=O)NC(CC(C)C)C(=O)NC(CC(=O)O)C(=O)NC(Cc1ccccc1)C(=O)NC(C(=O)NCC(=O)NC(CCCCN)C(=O)O)C(C)O)C(C)O. The summed E-state index contributed by atoms with van der Waals surface area (Å²) in [6, 6.07) is -17.2. The van der Waals surface area contributed by atoms with Gasteiger partial charge in [-0.2, -0.15) is 11.8 Å². The number of aliphatic hydroxyl groups is 3. The molecule has 1 aromatic rings. The van der Waals surface area contributed by atoms with Crippen LogP contribution < -0.4 is 113 Å². The molecule has 19 unspecified atom stereocenters. The average molecular weight is 1970 g/mol. The van der Waals surface area contributed by atoms with E-state index in [1.807, 2.05) is 0 Å². The highest BCUT2D eigenvalue weighted by atomic mass is 32.2. The maximum Gasteiger partial charge on any atom is 0.326 e. The number of hydrogen-bond donors (Lipinski definition) is 29. The van der Waals surface area contributed by atoms with E-state index in [9.17, 15) is 141 Å². The Bertz CT molecular complexity index is 4320. The molecule has 53 heteroatoms. The van der Waals surface area contributed by atoms with Crippen LogP contribution in [0.4, 0.5) is 0 Å². The van der Waals surface area contributed by atoms with Gasteiger partial charge in [0, 0.05) is 25.9 Å². The maximum atomic E-state index is 14.8. The monoisotopic (exact) mass is 1960 g/mol. The van der Waals surface area contributed by atoms with Crippen LogP contribution in [0, 0.1) is 23.2 Å². The van der Waals surface area contributed by atoms with Crippen LogP contribution in [0.25, 0.3) is 0 Å². The van der Waals surface area contributed by atoms with Crippen molar-refractivity contribution in [1.82, 2.24) is 101 Å². The number of unbranched alkanes of at least 4 members (excludes halogenated alkanes) is 1. The summed E-state index contributed by atoms with van der Waals surface area (Å²) in [5, 5.41) is 121. The second-order valence-electron chi connectivity index (χ2n) is 33.6. The molecule has 1 fully saturated rings. The van der Waals surface area contributed by atoms with Crippen LogP contribution >= 0.6 is 11.8 Å². The predicted octanol–water partition coefficient (Wildman–Crippen LogP) is -9.73. The van der Waals surface area contributed by atoms with Crippen LogP contribution in [-0.2, 0) is 112 Å². The number of carbonyl (C=O) groups excluding carboxylic acids is 18. The molecule has 0 saturated carbocycles. The van der Waals surface area contributed by atoms with Crippen LogP contribution in [0.1, 0.15) is 164 Å². The average Bonchev–Trinajstić information content (AvgIpc) is 1.74. The van der Waals surface area contributed by atoms with E-state index < -0.39 is 315 Å². The second kappa shape index (κ2) is 61.9. The molecule has 1 aliphatic rings. The minimum atomic E-state index is -2.15. The van der Waals surface area contributed by atoms with E-state index in [0.717, 1.165) is 18.7 Å². The van der Waals surface area contributed by atoms with Gasteiger partial charge in [0.1, 0.15) is 90.6 Å². The first-order valence-electron chi connectivity index (χ1n) is 44.6. The molecule has 32 N–H and O–H groups in total. The molecule has 0 aliphatic carbocycles. The van der Waals surface area contributed by atoms with E-state index in [1.54, 1.807) is 71.2 Å². The Morgan fingerprint density at radius 2 is 0.876 bits per heavy atom. The van der Waals surface area contributed by atoms with E-state index in [-0.39, 0.29) is 83.2 Å². The Hall–Kier alpha value is -13.0. The van der Waals surface area contributed by atoms with Crippen molar-refractivity contribution in [2.45, 2.75) is 274 Å². The van der Waals surface area contributed by atoms with E-state index in [2.05, 4.69) is 95.7 Å². The number of carbonyl (C=O) groups is 22. The summed E-state index contributed by atoms with van der Waals surface area (Å²) < 4.78 is 0. The van der Waals surface area contributed by atoms with Gasteiger partial charge in [0.25, 0.3) is 0 Å². The number of amides is 18. The molecule has 1 saturated heterocycles. The predicted molar refractivity (Wildman–Crippen MR) is 489 cm³/mol. The smallest absolute Gasteiger partial charge is 0.326 e. The molecule has 0 radical (unpaired) electrons. The molecular formula is C84H137N23O29S. The number of rotatable bonds is 65. The molecule has 0 aromatic heterocycles. The molecular weight excluding hydrogens is 1830 g/mol. The molecule has 768 valence electrons. The summed E-state index contributed by atoms with van der Waals surface area (Å²) in [5.74, 6) is -28.4. The number of benzene rings is 1. The number of nitrogens with one attached hydrogen (secondary N) is 19. The lowest BCUT2D eigenvalue weighted by molar-refractivity contribution is -0.143. The third kappa shape index (κ3) is 44.6. The summed E-state index contributed by atoms with van der Waals surface area (Å²) in [7, 11) is 1.39. The van der Waals surface area contributed by atoms with E-state index in [0.29, 0.717) is 18.4 Å². The number of guanidine groups is 1. The number of hydrogen-bond acceptors (Lipinski definition) is 29. The van der Waals surface area contributed by atoms with Crippen molar-refractivity contribution < 1.29 is 141 Å². The third-order valence-electron chi connectivity index (χ3n) is 21.4. The zero-order valence-electron chi connectivity index (χ0n) is 78.5. The van der Waals surface area contributed by atoms with Crippen LogP contribution in [0.2, 0.25) is 0 Å². The number of thioether (sulfide) groups is 1. The number of carboxylic acid groups (broad SMARTS) is 4. The first kappa shape index (κ1) is 120. The lowest BCUT2D eigenvalue weighted by atomic mass is 9.97. The number of nitrogens with two attached hydrogens (primary N) is 3. The highest BCUT2D eigenvalue weighted by molar-refractivity contribution is 7.98. The van der Waals surface area contributed by atoms with Crippen molar-refractivity contribution in [3.8, 4) is 0 Å². The van der Waals surface area contributed by atoms with Crippen LogP contribution in [0.5, 0.6) is 0 Å². The highest BCUT2D eigenvalue weighted by Gasteiger charge is 2.43. The van der Waals surface area contributed by atoms with E-state index in [4.69, 9.17) is 22.6 Å². The Morgan fingerprint density at radius 3 is 1.37 bits per heavy atom. The first-order chi connectivity index (χ1) is 64.3. The molecule has 18 amide bonds. The quantitative estimate of drug-likeness (QED) is 0.0164. The number of aliphatic carboxylic acids is 4. The number of nitrogens with zero attached hydrogens (tertiary/aromatic N) is 1. The fourth-order valence-corrected chi connectivity index (χ4v) is 14.3. The summed E-state index contributed by atoms with van der Waals surface area (Å²) in [4.78, 5) is 299. The molecule has 0 bridgehead atoms. The number of primary amides is 1. The van der Waals surface area contributed by atoms with Gasteiger partial charge in [0.15, 0.2) is 5.96 Å². The van der Waals surface area contributed by atoms with Crippen LogP contribution in [0.15, 0.2) is 30.3 Å². The Balaban J connectivity index is 2.44. The largest absolute Gasteiger partial charge is 0.481 e. The van der Waals surface area contributed by atoms with Gasteiger partial charge < -0.3 is 154 Å². The van der Waals surface area contributed by atoms with Gasteiger partial charge in [0.2, 0.25) is 106 Å². The second-order valence-corrected chi connectivity index (χ2v) is 34.6. The fraction of sp³-hybridized carbons (Fsp3) is 0.655. The molecule has 1 aliphatic heterocycles. The Labute approximate surface area is 794 Å². The van der Waals surface area contributed by atoms with Gasteiger partial charge >= 0.3 is 23.9 Å². The number of likely N-dealkylation sites (N-methyl/N-ethyl adjacent to an activating group) is 1. The lowest BCUT2D eigenvalue weighted by Gasteiger charge is -2.31.